The summed E-state index contributed by atoms with van der Waals surface area (Å²) in [6.45, 7) is 0. The Morgan fingerprint density at radius 3 is 2.87 bits per heavy atom. The first kappa shape index (κ1) is 12.0. The van der Waals surface area contributed by atoms with Gasteiger partial charge in [0.2, 0.25) is 0 Å². The van der Waals surface area contributed by atoms with E-state index in [-0.39, 0.29) is 5.69 Å². The molecule has 0 amide bonds. The largest absolute Gasteiger partial charge is 0.464 e. The molecule has 0 aliphatic rings. The zero-order valence-electron chi connectivity index (χ0n) is 8.24. The predicted octanol–water partition coefficient (Wildman–Crippen LogP) is 1.93. The van der Waals surface area contributed by atoms with Gasteiger partial charge in [-0.05, 0) is 6.26 Å². The van der Waals surface area contributed by atoms with Crippen LogP contribution in [0.1, 0.15) is 22.6 Å². The third-order valence-electron chi connectivity index (χ3n) is 1.67. The first-order chi connectivity index (χ1) is 7.10. The molecule has 0 aromatic carbocycles. The highest BCUT2D eigenvalue weighted by molar-refractivity contribution is 7.97. The lowest BCUT2D eigenvalue weighted by Crippen LogP contribution is -2.10. The summed E-state index contributed by atoms with van der Waals surface area (Å²) in [7, 11) is 1.20. The molecular formula is C8H10F2N2O2S. The maximum Gasteiger partial charge on any atom is 0.356 e. The number of carbonyl (C=O) groups excluding carboxylic acids is 1. The van der Waals surface area contributed by atoms with Gasteiger partial charge in [0.15, 0.2) is 0 Å². The summed E-state index contributed by atoms with van der Waals surface area (Å²) in [5.74, 6) is -0.333. The molecule has 15 heavy (non-hydrogen) atoms. The van der Waals surface area contributed by atoms with Gasteiger partial charge >= 0.3 is 5.97 Å². The van der Waals surface area contributed by atoms with Gasteiger partial charge in [0.25, 0.3) is 6.43 Å². The molecule has 0 aliphatic carbocycles. The molecule has 0 N–H and O–H groups in total. The maximum absolute atomic E-state index is 12.3. The van der Waals surface area contributed by atoms with Crippen molar-refractivity contribution in [1.29, 1.82) is 0 Å². The fourth-order valence-electron chi connectivity index (χ4n) is 1.03. The van der Waals surface area contributed by atoms with Gasteiger partial charge in [-0.1, -0.05) is 0 Å². The van der Waals surface area contributed by atoms with Crippen molar-refractivity contribution in [2.75, 3.05) is 13.4 Å². The summed E-state index contributed by atoms with van der Waals surface area (Å²) in [5.41, 5.74) is -0.369. The molecule has 1 rings (SSSR count). The minimum absolute atomic E-state index is 0.0437. The van der Waals surface area contributed by atoms with Crippen molar-refractivity contribution >= 4 is 17.7 Å². The minimum Gasteiger partial charge on any atom is -0.464 e. The summed E-state index contributed by atoms with van der Waals surface area (Å²) < 4.78 is 30.3. The zero-order chi connectivity index (χ0) is 11.4. The smallest absolute Gasteiger partial charge is 0.356 e. The molecule has 4 nitrogen and oxygen atoms in total. The lowest BCUT2D eigenvalue weighted by atomic mass is 10.3. The highest BCUT2D eigenvalue weighted by atomic mass is 32.2. The van der Waals surface area contributed by atoms with Crippen LogP contribution in [0.4, 0.5) is 8.78 Å². The number of rotatable bonds is 4. The number of esters is 1. The number of halogens is 2. The van der Waals surface area contributed by atoms with Crippen molar-refractivity contribution < 1.29 is 18.3 Å². The molecule has 0 radical (unpaired) electrons. The summed E-state index contributed by atoms with van der Waals surface area (Å²) >= 11 is 1.37. The Morgan fingerprint density at radius 1 is 1.73 bits per heavy atom. The molecule has 1 aromatic rings. The van der Waals surface area contributed by atoms with Crippen LogP contribution in [0.2, 0.25) is 0 Å². The molecule has 0 fully saturated rings. The van der Waals surface area contributed by atoms with Crippen LogP contribution in [-0.4, -0.2) is 29.1 Å². The molecule has 84 valence electrons. The fraction of sp³-hybridized carbons (Fsp3) is 0.500. The number of hydrogen-bond donors (Lipinski definition) is 0. The van der Waals surface area contributed by atoms with Crippen LogP contribution in [0.3, 0.4) is 0 Å². The van der Waals surface area contributed by atoms with Crippen LogP contribution in [0.15, 0.2) is 6.07 Å². The van der Waals surface area contributed by atoms with Crippen molar-refractivity contribution in [1.82, 2.24) is 9.78 Å². The SMILES string of the molecule is COC(=O)c1cc(C(F)F)nn1CSC. The summed E-state index contributed by atoms with van der Waals surface area (Å²) in [6, 6.07) is 1.05. The number of nitrogens with zero attached hydrogens (tertiary/aromatic N) is 2. The van der Waals surface area contributed by atoms with Crippen LogP contribution >= 0.6 is 11.8 Å². The second-order valence-electron chi connectivity index (χ2n) is 2.66. The lowest BCUT2D eigenvalue weighted by Gasteiger charge is -2.02. The Morgan fingerprint density at radius 2 is 2.40 bits per heavy atom. The fourth-order valence-corrected chi connectivity index (χ4v) is 1.47. The Bertz CT molecular complexity index is 354. The molecule has 0 spiro atoms. The summed E-state index contributed by atoms with van der Waals surface area (Å²) in [4.78, 5) is 11.2. The maximum atomic E-state index is 12.3. The quantitative estimate of drug-likeness (QED) is 0.749. The third-order valence-corrected chi connectivity index (χ3v) is 2.17. The average Bonchev–Trinajstić information content (AvgIpc) is 2.61. The van der Waals surface area contributed by atoms with E-state index in [9.17, 15) is 13.6 Å². The molecule has 7 heteroatoms. The molecule has 1 heterocycles. The first-order valence-electron chi connectivity index (χ1n) is 4.03. The van der Waals surface area contributed by atoms with Gasteiger partial charge < -0.3 is 4.74 Å². The molecule has 0 atom stereocenters. The second kappa shape index (κ2) is 5.11. The van der Waals surface area contributed by atoms with E-state index >= 15 is 0 Å². The Kier molecular flexibility index (Phi) is 4.07. The number of methoxy groups -OCH3 is 1. The zero-order valence-corrected chi connectivity index (χ0v) is 9.05. The Balaban J connectivity index is 3.05. The highest BCUT2D eigenvalue weighted by Crippen LogP contribution is 2.19. The summed E-state index contributed by atoms with van der Waals surface area (Å²) in [5, 5.41) is 3.61. The first-order valence-corrected chi connectivity index (χ1v) is 5.42. The monoisotopic (exact) mass is 236 g/mol. The van der Waals surface area contributed by atoms with E-state index in [1.807, 2.05) is 0 Å². The topological polar surface area (TPSA) is 44.1 Å². The standard InChI is InChI=1S/C8H10F2N2O2S/c1-14-8(13)6-3-5(7(9)10)11-12(6)4-15-2/h3,7H,4H2,1-2H3. The number of carbonyl (C=O) groups is 1. The molecular weight excluding hydrogens is 226 g/mol. The van der Waals surface area contributed by atoms with E-state index in [1.54, 1.807) is 6.26 Å². The lowest BCUT2D eigenvalue weighted by molar-refractivity contribution is 0.0588. The average molecular weight is 236 g/mol. The van der Waals surface area contributed by atoms with Gasteiger partial charge in [0.1, 0.15) is 11.4 Å². The van der Waals surface area contributed by atoms with Gasteiger partial charge in [-0.25, -0.2) is 18.3 Å². The van der Waals surface area contributed by atoms with Gasteiger partial charge in [-0.2, -0.15) is 5.10 Å². The van der Waals surface area contributed by atoms with Gasteiger partial charge in [-0.15, -0.1) is 11.8 Å². The van der Waals surface area contributed by atoms with Crippen molar-refractivity contribution in [3.8, 4) is 0 Å². The van der Waals surface area contributed by atoms with Crippen molar-refractivity contribution in [2.24, 2.45) is 0 Å². The normalized spacial score (nSPS) is 10.7. The van der Waals surface area contributed by atoms with Crippen LogP contribution in [0.25, 0.3) is 0 Å². The van der Waals surface area contributed by atoms with Crippen molar-refractivity contribution in [3.05, 3.63) is 17.5 Å². The highest BCUT2D eigenvalue weighted by Gasteiger charge is 2.20. The van der Waals surface area contributed by atoms with Crippen molar-refractivity contribution in [3.63, 3.8) is 0 Å². The van der Waals surface area contributed by atoms with Crippen LogP contribution < -0.4 is 0 Å². The molecule has 0 bridgehead atoms. The van der Waals surface area contributed by atoms with Gasteiger partial charge in [0, 0.05) is 6.07 Å². The Hall–Kier alpha value is -1.11. The van der Waals surface area contributed by atoms with E-state index in [1.165, 1.54) is 23.6 Å². The van der Waals surface area contributed by atoms with Crippen LogP contribution in [0.5, 0.6) is 0 Å². The minimum atomic E-state index is -2.68. The number of ether oxygens (including phenoxy) is 1. The molecule has 0 unspecified atom stereocenters. The molecule has 0 saturated heterocycles. The van der Waals surface area contributed by atoms with E-state index in [4.69, 9.17) is 0 Å². The Labute approximate surface area is 89.6 Å². The van der Waals surface area contributed by atoms with E-state index in [2.05, 4.69) is 9.84 Å². The summed E-state index contributed by atoms with van der Waals surface area (Å²) in [6.07, 6.45) is -0.901. The van der Waals surface area contributed by atoms with Gasteiger partial charge in [-0.3, -0.25) is 0 Å². The number of thioether (sulfide) groups is 1. The van der Waals surface area contributed by atoms with E-state index in [0.29, 0.717) is 5.88 Å². The second-order valence-corrected chi connectivity index (χ2v) is 3.50. The molecule has 1 aromatic heterocycles. The third kappa shape index (κ3) is 2.68. The van der Waals surface area contributed by atoms with Crippen LogP contribution in [0, 0.1) is 0 Å². The molecule has 0 saturated carbocycles. The van der Waals surface area contributed by atoms with E-state index in [0.717, 1.165) is 6.07 Å². The molecule has 0 aliphatic heterocycles. The number of aromatic nitrogens is 2. The predicted molar refractivity (Wildman–Crippen MR) is 52.0 cm³/mol. The number of hydrogen-bond acceptors (Lipinski definition) is 4. The van der Waals surface area contributed by atoms with Crippen LogP contribution in [-0.2, 0) is 10.6 Å². The van der Waals surface area contributed by atoms with E-state index < -0.39 is 18.1 Å². The van der Waals surface area contributed by atoms with Crippen molar-refractivity contribution in [2.45, 2.75) is 12.3 Å². The van der Waals surface area contributed by atoms with Gasteiger partial charge in [0.05, 0.1) is 13.0 Å². The number of alkyl halides is 2.